The summed E-state index contributed by atoms with van der Waals surface area (Å²) in [5.74, 6) is 0.149. The predicted molar refractivity (Wildman–Crippen MR) is 124 cm³/mol. The number of carbonyl (C=O) groups is 1. The molecule has 5 nitrogen and oxygen atoms in total. The highest BCUT2D eigenvalue weighted by molar-refractivity contribution is 7.92. The van der Waals surface area contributed by atoms with Crippen LogP contribution in [0.25, 0.3) is 0 Å². The highest BCUT2D eigenvalue weighted by atomic mass is 32.2. The third-order valence-corrected chi connectivity index (χ3v) is 7.43. The first-order chi connectivity index (χ1) is 14.9. The van der Waals surface area contributed by atoms with Gasteiger partial charge in [0, 0.05) is 17.8 Å². The molecule has 0 aliphatic carbocycles. The van der Waals surface area contributed by atoms with E-state index >= 15 is 0 Å². The molecule has 0 spiro atoms. The molecule has 160 valence electrons. The van der Waals surface area contributed by atoms with Gasteiger partial charge in [0.1, 0.15) is 0 Å². The lowest BCUT2D eigenvalue weighted by molar-refractivity contribution is 0.102. The van der Waals surface area contributed by atoms with Crippen LogP contribution in [-0.4, -0.2) is 20.9 Å². The Labute approximate surface area is 183 Å². The molecule has 0 atom stereocenters. The van der Waals surface area contributed by atoms with Gasteiger partial charge < -0.3 is 5.32 Å². The number of rotatable bonds is 5. The zero-order valence-electron chi connectivity index (χ0n) is 17.7. The summed E-state index contributed by atoms with van der Waals surface area (Å²) in [7, 11) is -3.69. The number of benzene rings is 3. The zero-order chi connectivity index (χ0) is 22.0. The van der Waals surface area contributed by atoms with Crippen LogP contribution in [0.1, 0.15) is 47.7 Å². The van der Waals surface area contributed by atoms with E-state index in [4.69, 9.17) is 0 Å². The number of fused-ring (bicyclic) bond motifs is 1. The molecule has 4 rings (SSSR count). The van der Waals surface area contributed by atoms with Crippen molar-refractivity contribution in [2.45, 2.75) is 37.5 Å². The molecule has 0 bridgehead atoms. The fourth-order valence-electron chi connectivity index (χ4n) is 3.81. The van der Waals surface area contributed by atoms with E-state index in [0.29, 0.717) is 23.7 Å². The summed E-state index contributed by atoms with van der Waals surface area (Å²) in [6, 6.07) is 21.5. The third kappa shape index (κ3) is 4.35. The Morgan fingerprint density at radius 3 is 2.29 bits per heavy atom. The summed E-state index contributed by atoms with van der Waals surface area (Å²) in [5, 5.41) is 2.86. The molecule has 6 heteroatoms. The fourth-order valence-corrected chi connectivity index (χ4v) is 5.35. The maximum atomic E-state index is 13.2. The number of carbonyl (C=O) groups excluding carboxylic acids is 1. The minimum Gasteiger partial charge on any atom is -0.322 e. The normalized spacial score (nSPS) is 13.7. The molecule has 3 aromatic rings. The van der Waals surface area contributed by atoms with Crippen molar-refractivity contribution in [1.82, 2.24) is 0 Å². The van der Waals surface area contributed by atoms with Crippen molar-refractivity contribution >= 4 is 27.3 Å². The molecule has 0 unspecified atom stereocenters. The number of amides is 1. The van der Waals surface area contributed by atoms with Gasteiger partial charge in [0.05, 0.1) is 10.6 Å². The van der Waals surface area contributed by atoms with Gasteiger partial charge >= 0.3 is 0 Å². The van der Waals surface area contributed by atoms with E-state index in [-0.39, 0.29) is 10.8 Å². The second-order valence-corrected chi connectivity index (χ2v) is 9.93. The van der Waals surface area contributed by atoms with Crippen molar-refractivity contribution in [3.8, 4) is 0 Å². The molecule has 1 N–H and O–H groups in total. The number of aryl methyl sites for hydroxylation is 1. The minimum atomic E-state index is -3.69. The van der Waals surface area contributed by atoms with Crippen LogP contribution < -0.4 is 9.62 Å². The number of nitrogens with zero attached hydrogens (tertiary/aromatic N) is 1. The van der Waals surface area contributed by atoms with Crippen LogP contribution in [0.5, 0.6) is 0 Å². The quantitative estimate of drug-likeness (QED) is 0.600. The largest absolute Gasteiger partial charge is 0.322 e. The van der Waals surface area contributed by atoms with Crippen LogP contribution >= 0.6 is 0 Å². The van der Waals surface area contributed by atoms with E-state index in [1.165, 1.54) is 22.0 Å². The topological polar surface area (TPSA) is 66.5 Å². The highest BCUT2D eigenvalue weighted by Crippen LogP contribution is 2.31. The van der Waals surface area contributed by atoms with Crippen molar-refractivity contribution in [2.24, 2.45) is 0 Å². The minimum absolute atomic E-state index is 0.182. The van der Waals surface area contributed by atoms with Crippen LogP contribution in [0.15, 0.2) is 77.7 Å². The Balaban J connectivity index is 1.52. The average molecular weight is 435 g/mol. The molecular formula is C25H26N2O3S. The molecular weight excluding hydrogens is 408 g/mol. The number of para-hydroxylation sites is 1. The molecule has 3 aromatic carbocycles. The Morgan fingerprint density at radius 1 is 0.935 bits per heavy atom. The first-order valence-electron chi connectivity index (χ1n) is 10.5. The van der Waals surface area contributed by atoms with E-state index < -0.39 is 10.0 Å². The van der Waals surface area contributed by atoms with Crippen LogP contribution in [0, 0.1) is 0 Å². The smallest absolute Gasteiger partial charge is 0.264 e. The Hall–Kier alpha value is -3.12. The van der Waals surface area contributed by atoms with Gasteiger partial charge in [-0.25, -0.2) is 8.42 Å². The van der Waals surface area contributed by atoms with Gasteiger partial charge in [-0.05, 0) is 72.4 Å². The second-order valence-electron chi connectivity index (χ2n) is 8.06. The third-order valence-electron chi connectivity index (χ3n) is 5.61. The summed E-state index contributed by atoms with van der Waals surface area (Å²) in [5.41, 5.74) is 4.09. The van der Waals surface area contributed by atoms with Crippen LogP contribution in [0.3, 0.4) is 0 Å². The van der Waals surface area contributed by atoms with Crippen molar-refractivity contribution in [1.29, 1.82) is 0 Å². The first-order valence-corrected chi connectivity index (χ1v) is 11.9. The standard InChI is InChI=1S/C25H26N2O3S/c1-18(2)19-9-13-22(14-10-19)26-25(28)21-11-15-23(16-12-21)31(29,30)27-17-5-7-20-6-3-4-8-24(20)27/h3-4,6,8-16,18H,5,7,17H2,1-2H3,(H,26,28). The Bertz CT molecular complexity index is 1180. The molecule has 1 amide bonds. The number of hydrogen-bond acceptors (Lipinski definition) is 3. The van der Waals surface area contributed by atoms with Gasteiger partial charge in [-0.15, -0.1) is 0 Å². The molecule has 0 fully saturated rings. The van der Waals surface area contributed by atoms with Crippen LogP contribution in [0.2, 0.25) is 0 Å². The monoisotopic (exact) mass is 434 g/mol. The summed E-state index contributed by atoms with van der Waals surface area (Å²) in [6.07, 6.45) is 1.66. The highest BCUT2D eigenvalue weighted by Gasteiger charge is 2.28. The van der Waals surface area contributed by atoms with E-state index in [9.17, 15) is 13.2 Å². The summed E-state index contributed by atoms with van der Waals surface area (Å²) in [4.78, 5) is 12.8. The summed E-state index contributed by atoms with van der Waals surface area (Å²) >= 11 is 0. The maximum Gasteiger partial charge on any atom is 0.264 e. The van der Waals surface area contributed by atoms with E-state index in [2.05, 4.69) is 19.2 Å². The maximum absolute atomic E-state index is 13.2. The Morgan fingerprint density at radius 2 is 1.61 bits per heavy atom. The van der Waals surface area contributed by atoms with Gasteiger partial charge in [-0.1, -0.05) is 44.2 Å². The summed E-state index contributed by atoms with van der Waals surface area (Å²) in [6.45, 7) is 4.69. The molecule has 31 heavy (non-hydrogen) atoms. The van der Waals surface area contributed by atoms with E-state index in [1.54, 1.807) is 12.1 Å². The van der Waals surface area contributed by atoms with Gasteiger partial charge in [0.25, 0.3) is 15.9 Å². The molecule has 1 aliphatic heterocycles. The number of nitrogens with one attached hydrogen (secondary N) is 1. The van der Waals surface area contributed by atoms with Crippen LogP contribution in [-0.2, 0) is 16.4 Å². The van der Waals surface area contributed by atoms with Gasteiger partial charge in [0.15, 0.2) is 0 Å². The van der Waals surface area contributed by atoms with Gasteiger partial charge in [0.2, 0.25) is 0 Å². The van der Waals surface area contributed by atoms with Crippen molar-refractivity contribution in [3.05, 3.63) is 89.5 Å². The number of sulfonamides is 1. The van der Waals surface area contributed by atoms with Gasteiger partial charge in [-0.2, -0.15) is 0 Å². The van der Waals surface area contributed by atoms with E-state index in [0.717, 1.165) is 24.1 Å². The molecule has 0 aromatic heterocycles. The number of hydrogen-bond donors (Lipinski definition) is 1. The lowest BCUT2D eigenvalue weighted by atomic mass is 10.0. The fraction of sp³-hybridized carbons (Fsp3) is 0.240. The first kappa shape index (κ1) is 21.1. The van der Waals surface area contributed by atoms with Gasteiger partial charge in [-0.3, -0.25) is 9.10 Å². The zero-order valence-corrected chi connectivity index (χ0v) is 18.5. The lowest BCUT2D eigenvalue weighted by Crippen LogP contribution is -2.35. The van der Waals surface area contributed by atoms with Crippen molar-refractivity contribution in [2.75, 3.05) is 16.2 Å². The van der Waals surface area contributed by atoms with Crippen molar-refractivity contribution in [3.63, 3.8) is 0 Å². The second kappa shape index (κ2) is 8.55. The van der Waals surface area contributed by atoms with Crippen LogP contribution in [0.4, 0.5) is 11.4 Å². The lowest BCUT2D eigenvalue weighted by Gasteiger charge is -2.30. The molecule has 1 heterocycles. The van der Waals surface area contributed by atoms with Crippen molar-refractivity contribution < 1.29 is 13.2 Å². The van der Waals surface area contributed by atoms with E-state index in [1.807, 2.05) is 48.5 Å². The molecule has 0 saturated carbocycles. The average Bonchev–Trinajstić information content (AvgIpc) is 2.79. The summed E-state index contributed by atoms with van der Waals surface area (Å²) < 4.78 is 27.9. The SMILES string of the molecule is CC(C)c1ccc(NC(=O)c2ccc(S(=O)(=O)N3CCCc4ccccc43)cc2)cc1. The molecule has 1 aliphatic rings. The number of anilines is 2. The molecule has 0 radical (unpaired) electrons. The molecule has 0 saturated heterocycles. The Kier molecular flexibility index (Phi) is 5.83. The predicted octanol–water partition coefficient (Wildman–Crippen LogP) is 5.20.